The fraction of sp³-hybridized carbons (Fsp3) is 0.357. The molecule has 0 aliphatic rings. The first-order chi connectivity index (χ1) is 15.5. The summed E-state index contributed by atoms with van der Waals surface area (Å²) in [5.41, 5.74) is 2.70. The second-order valence-corrected chi connectivity index (χ2v) is 7.00. The summed E-state index contributed by atoms with van der Waals surface area (Å²) in [6.45, 7) is 12.5. The summed E-state index contributed by atoms with van der Waals surface area (Å²) in [4.78, 5) is 0. The van der Waals surface area contributed by atoms with Crippen LogP contribution in [0.1, 0.15) is 44.4 Å². The van der Waals surface area contributed by atoms with Gasteiger partial charge in [-0.1, -0.05) is 58.0 Å². The van der Waals surface area contributed by atoms with E-state index < -0.39 is 0 Å². The minimum absolute atomic E-state index is 0.0799. The van der Waals surface area contributed by atoms with E-state index in [1.54, 1.807) is 12.1 Å². The molecule has 0 aromatic heterocycles. The molecule has 0 aliphatic carbocycles. The first kappa shape index (κ1) is 27.2. The van der Waals surface area contributed by atoms with Crippen LogP contribution in [0.4, 0.5) is 8.78 Å². The zero-order valence-corrected chi connectivity index (χ0v) is 20.1. The number of hydrogen-bond acceptors (Lipinski definition) is 2. The molecule has 0 radical (unpaired) electrons. The van der Waals surface area contributed by atoms with Gasteiger partial charge < -0.3 is 9.47 Å². The normalized spacial score (nSPS) is 9.91. The van der Waals surface area contributed by atoms with Crippen molar-refractivity contribution in [3.63, 3.8) is 0 Å². The van der Waals surface area contributed by atoms with Gasteiger partial charge in [0.1, 0.15) is 23.1 Å². The number of halogens is 2. The molecule has 0 bridgehead atoms. The Morgan fingerprint density at radius 2 is 1.09 bits per heavy atom. The van der Waals surface area contributed by atoms with E-state index in [0.29, 0.717) is 24.7 Å². The fourth-order valence-electron chi connectivity index (χ4n) is 3.08. The molecule has 3 rings (SSSR count). The lowest BCUT2D eigenvalue weighted by atomic mass is 10.0. The van der Waals surface area contributed by atoms with Crippen molar-refractivity contribution in [1.82, 2.24) is 0 Å². The third-order valence-electron chi connectivity index (χ3n) is 4.59. The first-order valence-corrected chi connectivity index (χ1v) is 11.3. The molecule has 0 unspecified atom stereocenters. The van der Waals surface area contributed by atoms with E-state index >= 15 is 0 Å². The lowest BCUT2D eigenvalue weighted by Gasteiger charge is -2.20. The van der Waals surface area contributed by atoms with Crippen molar-refractivity contribution in [3.05, 3.63) is 95.1 Å². The van der Waals surface area contributed by atoms with Gasteiger partial charge in [0.2, 0.25) is 0 Å². The Hall–Kier alpha value is -2.88. The molecule has 2 nitrogen and oxygen atoms in total. The van der Waals surface area contributed by atoms with Crippen LogP contribution in [0.5, 0.6) is 11.5 Å². The van der Waals surface area contributed by atoms with E-state index in [9.17, 15) is 8.78 Å². The number of aryl methyl sites for hydroxylation is 2. The highest BCUT2D eigenvalue weighted by atomic mass is 19.1. The maximum absolute atomic E-state index is 13.3. The third-order valence-corrected chi connectivity index (χ3v) is 4.59. The van der Waals surface area contributed by atoms with Crippen molar-refractivity contribution >= 4 is 0 Å². The van der Waals surface area contributed by atoms with Gasteiger partial charge >= 0.3 is 0 Å². The van der Waals surface area contributed by atoms with E-state index in [-0.39, 0.29) is 17.6 Å². The molecule has 174 valence electrons. The Morgan fingerprint density at radius 3 is 1.50 bits per heavy atom. The van der Waals surface area contributed by atoms with Gasteiger partial charge in [0.05, 0.1) is 13.2 Å². The SMILES string of the molecule is CC.CC.Cc1cc(F)ccc1OCC(COc1ccc(F)cc1C)Cc1ccccc1. The number of ether oxygens (including phenoxy) is 2. The van der Waals surface area contributed by atoms with Crippen molar-refractivity contribution in [3.8, 4) is 11.5 Å². The molecule has 3 aromatic rings. The summed E-state index contributed by atoms with van der Waals surface area (Å²) in [7, 11) is 0. The average molecular weight is 443 g/mol. The van der Waals surface area contributed by atoms with Crippen LogP contribution in [0, 0.1) is 31.4 Å². The Bertz CT molecular complexity index is 855. The van der Waals surface area contributed by atoms with Crippen molar-refractivity contribution in [2.45, 2.75) is 48.0 Å². The fourth-order valence-corrected chi connectivity index (χ4v) is 3.08. The van der Waals surface area contributed by atoms with Crippen molar-refractivity contribution < 1.29 is 18.3 Å². The smallest absolute Gasteiger partial charge is 0.123 e. The Balaban J connectivity index is 0.00000121. The van der Waals surface area contributed by atoms with Gasteiger partial charge in [0.15, 0.2) is 0 Å². The summed E-state index contributed by atoms with van der Waals surface area (Å²) < 4.78 is 38.5. The van der Waals surface area contributed by atoms with Crippen LogP contribution in [-0.2, 0) is 6.42 Å². The van der Waals surface area contributed by atoms with E-state index in [1.165, 1.54) is 29.8 Å². The lowest BCUT2D eigenvalue weighted by molar-refractivity contribution is 0.174. The monoisotopic (exact) mass is 442 g/mol. The van der Waals surface area contributed by atoms with Crippen LogP contribution in [0.15, 0.2) is 66.7 Å². The number of benzene rings is 3. The molecule has 32 heavy (non-hydrogen) atoms. The average Bonchev–Trinajstić information content (AvgIpc) is 2.81. The molecular formula is C28H36F2O2. The standard InChI is InChI=1S/C24H24F2O2.2C2H6/c1-17-12-21(25)8-10-23(17)27-15-20(14-19-6-4-3-5-7-19)16-28-24-11-9-22(26)13-18(24)2;2*1-2/h3-13,20H,14-16H2,1-2H3;2*1-2H3. The van der Waals surface area contributed by atoms with Gasteiger partial charge in [-0.3, -0.25) is 0 Å². The summed E-state index contributed by atoms with van der Waals surface area (Å²) >= 11 is 0. The van der Waals surface area contributed by atoms with E-state index in [0.717, 1.165) is 17.5 Å². The van der Waals surface area contributed by atoms with Crippen LogP contribution in [-0.4, -0.2) is 13.2 Å². The molecule has 0 atom stereocenters. The van der Waals surface area contributed by atoms with Crippen molar-refractivity contribution in [1.29, 1.82) is 0 Å². The predicted octanol–water partition coefficient (Wildman–Crippen LogP) is 7.95. The van der Waals surface area contributed by atoms with Gasteiger partial charge in [0, 0.05) is 5.92 Å². The van der Waals surface area contributed by atoms with E-state index in [4.69, 9.17) is 9.47 Å². The second kappa shape index (κ2) is 15.0. The summed E-state index contributed by atoms with van der Waals surface area (Å²) in [6.07, 6.45) is 0.779. The molecule has 0 fully saturated rings. The van der Waals surface area contributed by atoms with Crippen LogP contribution >= 0.6 is 0 Å². The van der Waals surface area contributed by atoms with Gasteiger partial charge in [-0.05, 0) is 73.4 Å². The maximum Gasteiger partial charge on any atom is 0.123 e. The Labute approximate surface area is 192 Å². The molecule has 0 aliphatic heterocycles. The minimum Gasteiger partial charge on any atom is -0.493 e. The van der Waals surface area contributed by atoms with Gasteiger partial charge in [-0.25, -0.2) is 8.78 Å². The number of rotatable bonds is 8. The van der Waals surface area contributed by atoms with Crippen molar-refractivity contribution in [2.24, 2.45) is 5.92 Å². The molecule has 0 heterocycles. The first-order valence-electron chi connectivity index (χ1n) is 11.3. The Morgan fingerprint density at radius 1 is 0.656 bits per heavy atom. The zero-order chi connectivity index (χ0) is 23.9. The highest BCUT2D eigenvalue weighted by Gasteiger charge is 2.14. The van der Waals surface area contributed by atoms with E-state index in [1.807, 2.05) is 59.7 Å². The quantitative estimate of drug-likeness (QED) is 0.352. The molecule has 0 spiro atoms. The zero-order valence-electron chi connectivity index (χ0n) is 20.1. The largest absolute Gasteiger partial charge is 0.493 e. The lowest BCUT2D eigenvalue weighted by Crippen LogP contribution is -2.22. The van der Waals surface area contributed by atoms with Gasteiger partial charge in [-0.2, -0.15) is 0 Å². The summed E-state index contributed by atoms with van der Waals surface area (Å²) in [5.74, 6) is 0.854. The minimum atomic E-state index is -0.277. The summed E-state index contributed by atoms with van der Waals surface area (Å²) in [5, 5.41) is 0. The van der Waals surface area contributed by atoms with Crippen LogP contribution in [0.3, 0.4) is 0 Å². The molecule has 0 saturated carbocycles. The molecule has 4 heteroatoms. The molecule has 0 saturated heterocycles. The maximum atomic E-state index is 13.3. The molecular weight excluding hydrogens is 406 g/mol. The van der Waals surface area contributed by atoms with Gasteiger partial charge in [0.25, 0.3) is 0 Å². The number of hydrogen-bond donors (Lipinski definition) is 0. The summed E-state index contributed by atoms with van der Waals surface area (Å²) in [6, 6.07) is 19.1. The van der Waals surface area contributed by atoms with Crippen molar-refractivity contribution in [2.75, 3.05) is 13.2 Å². The van der Waals surface area contributed by atoms with Crippen LogP contribution in [0.2, 0.25) is 0 Å². The highest BCUT2D eigenvalue weighted by Crippen LogP contribution is 2.22. The second-order valence-electron chi connectivity index (χ2n) is 7.00. The molecule has 0 amide bonds. The predicted molar refractivity (Wildman–Crippen MR) is 130 cm³/mol. The topological polar surface area (TPSA) is 18.5 Å². The molecule has 3 aromatic carbocycles. The molecule has 0 N–H and O–H groups in total. The highest BCUT2D eigenvalue weighted by molar-refractivity contribution is 5.33. The van der Waals surface area contributed by atoms with Crippen LogP contribution in [0.25, 0.3) is 0 Å². The third kappa shape index (κ3) is 9.09. The van der Waals surface area contributed by atoms with Gasteiger partial charge in [-0.15, -0.1) is 0 Å². The Kier molecular flexibility index (Phi) is 12.7. The van der Waals surface area contributed by atoms with Crippen LogP contribution < -0.4 is 9.47 Å². The van der Waals surface area contributed by atoms with E-state index in [2.05, 4.69) is 12.1 Å².